The second-order valence-electron chi connectivity index (χ2n) is 9.11. The summed E-state index contributed by atoms with van der Waals surface area (Å²) < 4.78 is 0. The molecule has 1 aliphatic carbocycles. The van der Waals surface area contributed by atoms with Crippen LogP contribution in [-0.2, 0) is 9.59 Å². The molecule has 2 N–H and O–H groups in total. The first-order valence-electron chi connectivity index (χ1n) is 11.1. The number of rotatable bonds is 4. The number of nitrogens with one attached hydrogen (secondary N) is 2. The molecule has 1 saturated carbocycles. The minimum atomic E-state index is -0.0572. The number of fused-ring (bicyclic) bond motifs is 1. The number of Topliss-reactive ketones (excluding diaryl/α,β-unsaturated/α-hetero) is 1. The van der Waals surface area contributed by atoms with Crippen molar-refractivity contribution in [2.45, 2.75) is 78.2 Å². The molecule has 3 rings (SSSR count). The molecule has 5 unspecified atom stereocenters. The number of anilines is 1. The zero-order chi connectivity index (χ0) is 20.3. The molecule has 5 atom stereocenters. The van der Waals surface area contributed by atoms with Crippen molar-refractivity contribution in [3.8, 4) is 0 Å². The molecule has 1 aromatic rings. The number of aryl methyl sites for hydroxylation is 1. The van der Waals surface area contributed by atoms with Crippen LogP contribution in [0.25, 0.3) is 0 Å². The zero-order valence-corrected chi connectivity index (χ0v) is 17.9. The molecule has 28 heavy (non-hydrogen) atoms. The van der Waals surface area contributed by atoms with Gasteiger partial charge in [0.25, 0.3) is 0 Å². The first kappa shape index (κ1) is 21.0. The van der Waals surface area contributed by atoms with E-state index in [-0.39, 0.29) is 11.8 Å². The third-order valence-corrected chi connectivity index (χ3v) is 6.88. The largest absolute Gasteiger partial charge is 0.326 e. The van der Waals surface area contributed by atoms with Crippen molar-refractivity contribution in [1.82, 2.24) is 5.32 Å². The summed E-state index contributed by atoms with van der Waals surface area (Å²) in [4.78, 5) is 25.2. The van der Waals surface area contributed by atoms with Crippen molar-refractivity contribution >= 4 is 17.4 Å². The van der Waals surface area contributed by atoms with Crippen LogP contribution in [0.3, 0.4) is 0 Å². The molecule has 1 saturated heterocycles. The van der Waals surface area contributed by atoms with Crippen LogP contribution >= 0.6 is 0 Å². The van der Waals surface area contributed by atoms with E-state index in [1.165, 1.54) is 6.42 Å². The minimum Gasteiger partial charge on any atom is -0.326 e. The summed E-state index contributed by atoms with van der Waals surface area (Å²) in [5, 5.41) is 6.63. The molecule has 1 aliphatic heterocycles. The van der Waals surface area contributed by atoms with Crippen molar-refractivity contribution in [3.63, 3.8) is 0 Å². The lowest BCUT2D eigenvalue weighted by Crippen LogP contribution is -2.46. The number of amides is 1. The molecule has 4 heteroatoms. The number of benzene rings is 1. The van der Waals surface area contributed by atoms with Gasteiger partial charge in [0.05, 0.1) is 0 Å². The second kappa shape index (κ2) is 9.21. The van der Waals surface area contributed by atoms with Crippen molar-refractivity contribution in [3.05, 3.63) is 29.3 Å². The summed E-state index contributed by atoms with van der Waals surface area (Å²) in [6.07, 6.45) is 5.15. The topological polar surface area (TPSA) is 58.2 Å². The summed E-state index contributed by atoms with van der Waals surface area (Å²) in [6.45, 7) is 9.70. The lowest BCUT2D eigenvalue weighted by Gasteiger charge is -2.42. The fourth-order valence-electron chi connectivity index (χ4n) is 5.18. The molecular formula is C24H36N2O2. The van der Waals surface area contributed by atoms with Gasteiger partial charge in [-0.15, -0.1) is 0 Å². The zero-order valence-electron chi connectivity index (χ0n) is 17.9. The van der Waals surface area contributed by atoms with E-state index in [0.29, 0.717) is 42.4 Å². The lowest BCUT2D eigenvalue weighted by molar-refractivity contribution is -0.122. The van der Waals surface area contributed by atoms with Gasteiger partial charge in [-0.2, -0.15) is 0 Å². The van der Waals surface area contributed by atoms with Gasteiger partial charge in [0.1, 0.15) is 5.78 Å². The first-order valence-corrected chi connectivity index (χ1v) is 11.1. The first-order chi connectivity index (χ1) is 13.4. The predicted octanol–water partition coefficient (Wildman–Crippen LogP) is 4.82. The molecule has 1 amide bonds. The Morgan fingerprint density at radius 1 is 1.25 bits per heavy atom. The van der Waals surface area contributed by atoms with Crippen LogP contribution in [0.5, 0.6) is 0 Å². The quantitative estimate of drug-likeness (QED) is 0.782. The van der Waals surface area contributed by atoms with E-state index in [0.717, 1.165) is 42.6 Å². The monoisotopic (exact) mass is 384 g/mol. The van der Waals surface area contributed by atoms with Crippen LogP contribution < -0.4 is 10.6 Å². The summed E-state index contributed by atoms with van der Waals surface area (Å²) >= 11 is 0. The fourth-order valence-corrected chi connectivity index (χ4v) is 5.18. The third kappa shape index (κ3) is 4.83. The molecule has 0 radical (unpaired) electrons. The molecule has 0 spiro atoms. The van der Waals surface area contributed by atoms with Crippen LogP contribution in [0.2, 0.25) is 0 Å². The lowest BCUT2D eigenvalue weighted by atomic mass is 9.67. The Balaban J connectivity index is 1.86. The average molecular weight is 385 g/mol. The van der Waals surface area contributed by atoms with Crippen molar-refractivity contribution in [2.24, 2.45) is 17.8 Å². The molecule has 2 aliphatic rings. The molecular weight excluding hydrogens is 348 g/mol. The maximum Gasteiger partial charge on any atom is 0.224 e. The van der Waals surface area contributed by atoms with Crippen molar-refractivity contribution in [2.75, 3.05) is 11.9 Å². The number of carbonyl (C=O) groups is 2. The molecule has 4 nitrogen and oxygen atoms in total. The highest BCUT2D eigenvalue weighted by Gasteiger charge is 2.38. The van der Waals surface area contributed by atoms with Gasteiger partial charge in [-0.05, 0) is 87.1 Å². The van der Waals surface area contributed by atoms with E-state index in [4.69, 9.17) is 0 Å². The molecule has 154 valence electrons. The Kier molecular flexibility index (Phi) is 6.92. The fraction of sp³-hybridized carbons (Fsp3) is 0.667. The van der Waals surface area contributed by atoms with E-state index < -0.39 is 0 Å². The van der Waals surface area contributed by atoms with Gasteiger partial charge >= 0.3 is 0 Å². The average Bonchev–Trinajstić information content (AvgIpc) is 2.66. The van der Waals surface area contributed by atoms with Crippen LogP contribution in [0.1, 0.15) is 76.3 Å². The predicted molar refractivity (Wildman–Crippen MR) is 115 cm³/mol. The van der Waals surface area contributed by atoms with Gasteiger partial charge in [-0.25, -0.2) is 0 Å². The standard InChI is InChI=1S/C24H36N2O2/c1-5-6-24(28)26-19-9-7-16(3)21(13-19)22-12-18-14-25-17(4)11-20(18)15(2)8-10-23(22)27/h7,9,13,15,17-18,20,22,25H,5-6,8,10-12,14H2,1-4H3,(H,26,28). The molecule has 0 aromatic heterocycles. The minimum absolute atomic E-state index is 0.0423. The number of hydrogen-bond acceptors (Lipinski definition) is 3. The van der Waals surface area contributed by atoms with Gasteiger partial charge in [0, 0.05) is 30.5 Å². The summed E-state index contributed by atoms with van der Waals surface area (Å²) in [7, 11) is 0. The second-order valence-corrected chi connectivity index (χ2v) is 9.11. The van der Waals surface area contributed by atoms with Crippen LogP contribution in [0.15, 0.2) is 18.2 Å². The maximum atomic E-state index is 13.1. The van der Waals surface area contributed by atoms with Gasteiger partial charge in [0.2, 0.25) is 5.91 Å². The number of carbonyl (C=O) groups excluding carboxylic acids is 2. The highest BCUT2D eigenvalue weighted by molar-refractivity contribution is 5.91. The summed E-state index contributed by atoms with van der Waals surface area (Å²) in [6, 6.07) is 6.61. The van der Waals surface area contributed by atoms with E-state index in [1.54, 1.807) is 0 Å². The van der Waals surface area contributed by atoms with Crippen LogP contribution in [0.4, 0.5) is 5.69 Å². The Hall–Kier alpha value is -1.68. The van der Waals surface area contributed by atoms with Gasteiger partial charge in [-0.1, -0.05) is 19.9 Å². The van der Waals surface area contributed by atoms with Gasteiger partial charge < -0.3 is 10.6 Å². The van der Waals surface area contributed by atoms with E-state index >= 15 is 0 Å². The Morgan fingerprint density at radius 3 is 2.79 bits per heavy atom. The maximum absolute atomic E-state index is 13.1. The number of ketones is 1. The Labute approximate surface area is 169 Å². The van der Waals surface area contributed by atoms with Crippen molar-refractivity contribution < 1.29 is 9.59 Å². The Morgan fingerprint density at radius 2 is 2.04 bits per heavy atom. The van der Waals surface area contributed by atoms with Gasteiger partial charge in [0.15, 0.2) is 0 Å². The summed E-state index contributed by atoms with van der Waals surface area (Å²) in [5.74, 6) is 2.20. The molecule has 0 bridgehead atoms. The number of hydrogen-bond donors (Lipinski definition) is 2. The van der Waals surface area contributed by atoms with Crippen molar-refractivity contribution in [1.29, 1.82) is 0 Å². The molecule has 2 fully saturated rings. The van der Waals surface area contributed by atoms with Gasteiger partial charge in [-0.3, -0.25) is 9.59 Å². The SMILES string of the molecule is CCCC(=O)Nc1ccc(C)c(C2CC3CNC(C)CC3C(C)CCC2=O)c1. The smallest absolute Gasteiger partial charge is 0.224 e. The van der Waals surface area contributed by atoms with E-state index in [9.17, 15) is 9.59 Å². The summed E-state index contributed by atoms with van der Waals surface area (Å²) in [5.41, 5.74) is 3.06. The van der Waals surface area contributed by atoms with Crippen LogP contribution in [0, 0.1) is 24.7 Å². The highest BCUT2D eigenvalue weighted by atomic mass is 16.1. The molecule has 1 heterocycles. The third-order valence-electron chi connectivity index (χ3n) is 6.88. The van der Waals surface area contributed by atoms with E-state index in [1.807, 2.05) is 25.1 Å². The number of piperidine rings is 1. The van der Waals surface area contributed by atoms with E-state index in [2.05, 4.69) is 31.4 Å². The molecule has 1 aromatic carbocycles. The Bertz CT molecular complexity index is 715. The van der Waals surface area contributed by atoms with Crippen LogP contribution in [-0.4, -0.2) is 24.3 Å². The normalized spacial score (nSPS) is 30.9. The highest BCUT2D eigenvalue weighted by Crippen LogP contribution is 2.42.